The molecule has 0 saturated carbocycles. The molecule has 0 aliphatic carbocycles. The van der Waals surface area contributed by atoms with E-state index < -0.39 is 0 Å². The van der Waals surface area contributed by atoms with Crippen molar-refractivity contribution in [3.05, 3.63) is 0 Å². The van der Waals surface area contributed by atoms with E-state index in [1.54, 1.807) is 0 Å². The lowest BCUT2D eigenvalue weighted by molar-refractivity contribution is -0.00732. The number of rotatable bonds is 11. The Morgan fingerprint density at radius 3 is 2.00 bits per heavy atom. The van der Waals surface area contributed by atoms with Crippen molar-refractivity contribution in [2.45, 2.75) is 71.9 Å². The fourth-order valence-electron chi connectivity index (χ4n) is 1.51. The number of nitrogens with one attached hydrogen (secondary N) is 1. The summed E-state index contributed by atoms with van der Waals surface area (Å²) < 4.78 is 11.2. The van der Waals surface area contributed by atoms with Gasteiger partial charge in [-0.15, -0.1) is 0 Å². The van der Waals surface area contributed by atoms with Crippen LogP contribution >= 0.6 is 0 Å². The number of hydrogen-bond acceptors (Lipinski definition) is 3. The fraction of sp³-hybridized carbons (Fsp3) is 1.00. The SMILES string of the molecule is CC(C)NCCCCOCCCCOC(C)(C)C. The molecule has 3 heteroatoms. The lowest BCUT2D eigenvalue weighted by atomic mass is 10.2. The third kappa shape index (κ3) is 15.9. The summed E-state index contributed by atoms with van der Waals surface area (Å²) in [5.41, 5.74) is -0.00965. The van der Waals surface area contributed by atoms with Crippen LogP contribution in [-0.4, -0.2) is 38.0 Å². The molecule has 0 heterocycles. The maximum Gasteiger partial charge on any atom is 0.0598 e. The quantitative estimate of drug-likeness (QED) is 0.577. The van der Waals surface area contributed by atoms with E-state index in [0.29, 0.717) is 6.04 Å². The maximum atomic E-state index is 5.65. The Bertz CT molecular complexity index is 176. The minimum atomic E-state index is -0.00965. The van der Waals surface area contributed by atoms with Crippen LogP contribution in [0.1, 0.15) is 60.3 Å². The van der Waals surface area contributed by atoms with Gasteiger partial charge in [0.1, 0.15) is 0 Å². The van der Waals surface area contributed by atoms with Crippen molar-refractivity contribution < 1.29 is 9.47 Å². The summed E-state index contributed by atoms with van der Waals surface area (Å²) in [5, 5.41) is 3.41. The summed E-state index contributed by atoms with van der Waals surface area (Å²) in [5.74, 6) is 0. The Labute approximate surface area is 114 Å². The highest BCUT2D eigenvalue weighted by molar-refractivity contribution is 4.58. The molecular formula is C15H33NO2. The molecule has 0 aliphatic heterocycles. The normalized spacial score (nSPS) is 12.3. The van der Waals surface area contributed by atoms with E-state index in [1.807, 2.05) is 0 Å². The van der Waals surface area contributed by atoms with E-state index in [9.17, 15) is 0 Å². The average Bonchev–Trinajstić information content (AvgIpc) is 2.24. The van der Waals surface area contributed by atoms with E-state index in [-0.39, 0.29) is 5.60 Å². The predicted octanol–water partition coefficient (Wildman–Crippen LogP) is 3.38. The van der Waals surface area contributed by atoms with Gasteiger partial charge in [-0.2, -0.15) is 0 Å². The zero-order chi connectivity index (χ0) is 13.9. The lowest BCUT2D eigenvalue weighted by Crippen LogP contribution is -2.23. The van der Waals surface area contributed by atoms with Gasteiger partial charge in [-0.1, -0.05) is 13.8 Å². The lowest BCUT2D eigenvalue weighted by Gasteiger charge is -2.19. The van der Waals surface area contributed by atoms with E-state index in [0.717, 1.165) is 45.6 Å². The minimum Gasteiger partial charge on any atom is -0.381 e. The van der Waals surface area contributed by atoms with Gasteiger partial charge < -0.3 is 14.8 Å². The first-order chi connectivity index (χ1) is 8.42. The van der Waals surface area contributed by atoms with Crippen molar-refractivity contribution in [3.63, 3.8) is 0 Å². The van der Waals surface area contributed by atoms with E-state index in [1.165, 1.54) is 6.42 Å². The second-order valence-corrected chi connectivity index (χ2v) is 6.10. The van der Waals surface area contributed by atoms with Crippen LogP contribution in [0.2, 0.25) is 0 Å². The molecule has 18 heavy (non-hydrogen) atoms. The molecule has 0 unspecified atom stereocenters. The van der Waals surface area contributed by atoms with Gasteiger partial charge in [-0.25, -0.2) is 0 Å². The third-order valence-electron chi connectivity index (χ3n) is 2.49. The Morgan fingerprint density at radius 1 is 0.889 bits per heavy atom. The minimum absolute atomic E-state index is 0.00965. The second kappa shape index (κ2) is 10.8. The largest absolute Gasteiger partial charge is 0.381 e. The van der Waals surface area contributed by atoms with Gasteiger partial charge in [-0.3, -0.25) is 0 Å². The van der Waals surface area contributed by atoms with Crippen molar-refractivity contribution in [2.75, 3.05) is 26.4 Å². The molecule has 0 spiro atoms. The van der Waals surface area contributed by atoms with Gasteiger partial charge in [-0.05, 0) is 53.0 Å². The van der Waals surface area contributed by atoms with Crippen LogP contribution in [0.3, 0.4) is 0 Å². The summed E-state index contributed by atoms with van der Waals surface area (Å²) in [6, 6.07) is 0.591. The van der Waals surface area contributed by atoms with Gasteiger partial charge in [0.25, 0.3) is 0 Å². The highest BCUT2D eigenvalue weighted by Gasteiger charge is 2.08. The molecule has 0 aromatic heterocycles. The number of ether oxygens (including phenoxy) is 2. The Hall–Kier alpha value is -0.120. The van der Waals surface area contributed by atoms with E-state index in [2.05, 4.69) is 39.9 Å². The molecule has 0 aliphatic rings. The molecule has 0 aromatic carbocycles. The molecular weight excluding hydrogens is 226 g/mol. The van der Waals surface area contributed by atoms with E-state index in [4.69, 9.17) is 9.47 Å². The van der Waals surface area contributed by atoms with Crippen LogP contribution in [0.5, 0.6) is 0 Å². The summed E-state index contributed by atoms with van der Waals surface area (Å²) in [6.45, 7) is 14.3. The van der Waals surface area contributed by atoms with Gasteiger partial charge >= 0.3 is 0 Å². The molecule has 0 bridgehead atoms. The smallest absolute Gasteiger partial charge is 0.0598 e. The highest BCUT2D eigenvalue weighted by Crippen LogP contribution is 2.07. The van der Waals surface area contributed by atoms with Crippen molar-refractivity contribution in [2.24, 2.45) is 0 Å². The molecule has 0 atom stereocenters. The zero-order valence-corrected chi connectivity index (χ0v) is 13.1. The Balaban J connectivity index is 3.04. The fourth-order valence-corrected chi connectivity index (χ4v) is 1.51. The average molecular weight is 259 g/mol. The molecule has 1 N–H and O–H groups in total. The standard InChI is InChI=1S/C15H33NO2/c1-14(2)16-10-6-7-11-17-12-8-9-13-18-15(3,4)5/h14,16H,6-13H2,1-5H3. The topological polar surface area (TPSA) is 30.5 Å². The van der Waals surface area contributed by atoms with Crippen LogP contribution in [0, 0.1) is 0 Å². The van der Waals surface area contributed by atoms with Gasteiger partial charge in [0.05, 0.1) is 5.60 Å². The highest BCUT2D eigenvalue weighted by atomic mass is 16.5. The molecule has 0 rings (SSSR count). The van der Waals surface area contributed by atoms with Gasteiger partial charge in [0, 0.05) is 25.9 Å². The Morgan fingerprint density at radius 2 is 1.44 bits per heavy atom. The van der Waals surface area contributed by atoms with Crippen molar-refractivity contribution in [1.82, 2.24) is 5.32 Å². The second-order valence-electron chi connectivity index (χ2n) is 6.10. The summed E-state index contributed by atoms with van der Waals surface area (Å²) >= 11 is 0. The monoisotopic (exact) mass is 259 g/mol. The predicted molar refractivity (Wildman–Crippen MR) is 78.1 cm³/mol. The molecule has 0 saturated heterocycles. The molecule has 110 valence electrons. The Kier molecular flexibility index (Phi) is 10.7. The van der Waals surface area contributed by atoms with Crippen LogP contribution in [0.15, 0.2) is 0 Å². The van der Waals surface area contributed by atoms with Crippen LogP contribution < -0.4 is 5.32 Å². The molecule has 0 fully saturated rings. The van der Waals surface area contributed by atoms with Crippen molar-refractivity contribution in [1.29, 1.82) is 0 Å². The van der Waals surface area contributed by atoms with Gasteiger partial charge in [0.15, 0.2) is 0 Å². The molecule has 0 aromatic rings. The first-order valence-corrected chi connectivity index (χ1v) is 7.37. The van der Waals surface area contributed by atoms with E-state index >= 15 is 0 Å². The molecule has 3 nitrogen and oxygen atoms in total. The van der Waals surface area contributed by atoms with Crippen LogP contribution in [-0.2, 0) is 9.47 Å². The third-order valence-corrected chi connectivity index (χ3v) is 2.49. The first kappa shape index (κ1) is 17.9. The zero-order valence-electron chi connectivity index (χ0n) is 13.1. The van der Waals surface area contributed by atoms with Crippen molar-refractivity contribution >= 4 is 0 Å². The molecule has 0 amide bonds. The summed E-state index contributed by atoms with van der Waals surface area (Å²) in [4.78, 5) is 0. The van der Waals surface area contributed by atoms with Crippen molar-refractivity contribution in [3.8, 4) is 0 Å². The number of hydrogen-bond donors (Lipinski definition) is 1. The van der Waals surface area contributed by atoms with Crippen LogP contribution in [0.4, 0.5) is 0 Å². The first-order valence-electron chi connectivity index (χ1n) is 7.37. The summed E-state index contributed by atoms with van der Waals surface area (Å²) in [6.07, 6.45) is 4.54. The maximum absolute atomic E-state index is 5.65. The number of unbranched alkanes of at least 4 members (excludes halogenated alkanes) is 2. The summed E-state index contributed by atoms with van der Waals surface area (Å²) in [7, 11) is 0. The van der Waals surface area contributed by atoms with Crippen LogP contribution in [0.25, 0.3) is 0 Å². The molecule has 0 radical (unpaired) electrons. The van der Waals surface area contributed by atoms with Gasteiger partial charge in [0.2, 0.25) is 0 Å².